The van der Waals surface area contributed by atoms with Crippen LogP contribution < -0.4 is 9.75 Å². The highest BCUT2D eigenvalue weighted by atomic mass is 19.2. The van der Waals surface area contributed by atoms with Crippen molar-refractivity contribution in [3.05, 3.63) is 124 Å². The Morgan fingerprint density at radius 1 is 1.05 bits per heavy atom. The molecule has 1 saturated heterocycles. The Bertz CT molecular complexity index is 1650. The normalized spacial score (nSPS) is 16.3. The molecule has 1 aromatic heterocycles. The molecule has 0 radical (unpaired) electrons. The molecule has 1 fully saturated rings. The summed E-state index contributed by atoms with van der Waals surface area (Å²) < 4.78 is 51.4. The lowest BCUT2D eigenvalue weighted by atomic mass is 9.94. The molecule has 4 aromatic rings. The van der Waals surface area contributed by atoms with Gasteiger partial charge in [0.1, 0.15) is 5.75 Å². The van der Waals surface area contributed by atoms with Crippen LogP contribution in [0.25, 0.3) is 11.8 Å². The predicted molar refractivity (Wildman–Crippen MR) is 170 cm³/mol. The predicted octanol–water partition coefficient (Wildman–Crippen LogP) is 9.34. The Kier molecular flexibility index (Phi) is 9.47. The fourth-order valence-electron chi connectivity index (χ4n) is 5.97. The van der Waals surface area contributed by atoms with E-state index in [1.165, 1.54) is 0 Å². The zero-order valence-corrected chi connectivity index (χ0v) is 25.9. The molecule has 5 rings (SSSR count). The zero-order chi connectivity index (χ0) is 31.4. The van der Waals surface area contributed by atoms with Crippen molar-refractivity contribution >= 4 is 11.8 Å². The number of ether oxygens (including phenoxy) is 1. The van der Waals surface area contributed by atoms with Crippen molar-refractivity contribution in [2.45, 2.75) is 59.4 Å². The van der Waals surface area contributed by atoms with Gasteiger partial charge in [0.05, 0.1) is 42.2 Å². The number of aryl methyl sites for hydroxylation is 1. The van der Waals surface area contributed by atoms with Crippen molar-refractivity contribution in [3.63, 3.8) is 0 Å². The number of imidazole rings is 1. The molecule has 1 atom stereocenters. The number of aromatic nitrogens is 2. The Morgan fingerprint density at radius 3 is 2.39 bits per heavy atom. The minimum absolute atomic E-state index is 0.252. The summed E-state index contributed by atoms with van der Waals surface area (Å²) in [5.41, 5.74) is 7.30. The van der Waals surface area contributed by atoms with E-state index in [4.69, 9.17) is 4.74 Å². The van der Waals surface area contributed by atoms with Gasteiger partial charge < -0.3 is 9.30 Å². The van der Waals surface area contributed by atoms with Gasteiger partial charge in [-0.3, -0.25) is 10.0 Å². The third kappa shape index (κ3) is 6.25. The Labute approximate surface area is 257 Å². The topological polar surface area (TPSA) is 33.5 Å². The van der Waals surface area contributed by atoms with Crippen molar-refractivity contribution in [1.82, 2.24) is 14.6 Å². The van der Waals surface area contributed by atoms with Crippen molar-refractivity contribution in [3.8, 4) is 11.4 Å². The highest BCUT2D eigenvalue weighted by Crippen LogP contribution is 2.41. The van der Waals surface area contributed by atoms with Crippen LogP contribution in [-0.2, 0) is 0 Å². The van der Waals surface area contributed by atoms with Gasteiger partial charge in [-0.1, -0.05) is 50.2 Å². The van der Waals surface area contributed by atoms with Gasteiger partial charge in [0.2, 0.25) is 0 Å². The molecule has 0 aliphatic carbocycles. The molecule has 44 heavy (non-hydrogen) atoms. The average Bonchev–Trinajstić information content (AvgIpc) is 3.47. The Balaban J connectivity index is 1.64. The maximum Gasteiger partial charge on any atom is 0.194 e. The second-order valence-electron chi connectivity index (χ2n) is 11.1. The first-order chi connectivity index (χ1) is 21.2. The molecule has 0 bridgehead atoms. The highest BCUT2D eigenvalue weighted by molar-refractivity contribution is 5.64. The first kappa shape index (κ1) is 31.0. The molecule has 5 nitrogen and oxygen atoms in total. The smallest absolute Gasteiger partial charge is 0.194 e. The van der Waals surface area contributed by atoms with Crippen LogP contribution >= 0.6 is 0 Å². The van der Waals surface area contributed by atoms with Crippen LogP contribution in [-0.4, -0.2) is 28.2 Å². The summed E-state index contributed by atoms with van der Waals surface area (Å²) in [5.74, 6) is -3.17. The van der Waals surface area contributed by atoms with Crippen LogP contribution in [0.2, 0.25) is 0 Å². The van der Waals surface area contributed by atoms with Crippen LogP contribution in [0, 0.1) is 24.4 Å². The summed E-state index contributed by atoms with van der Waals surface area (Å²) in [6, 6.07) is 17.9. The van der Waals surface area contributed by atoms with E-state index in [1.54, 1.807) is 13.4 Å². The van der Waals surface area contributed by atoms with Gasteiger partial charge in [-0.05, 0) is 80.0 Å². The van der Waals surface area contributed by atoms with Crippen LogP contribution in [0.3, 0.4) is 0 Å². The number of halogens is 3. The molecule has 1 aliphatic heterocycles. The van der Waals surface area contributed by atoms with E-state index in [0.29, 0.717) is 13.0 Å². The summed E-state index contributed by atoms with van der Waals surface area (Å²) in [7, 11) is 1.65. The second kappa shape index (κ2) is 13.5. The van der Waals surface area contributed by atoms with Crippen molar-refractivity contribution < 1.29 is 17.9 Å². The molecule has 0 spiro atoms. The van der Waals surface area contributed by atoms with Crippen LogP contribution in [0.5, 0.6) is 5.75 Å². The Morgan fingerprint density at radius 2 is 1.77 bits per heavy atom. The number of benzene rings is 3. The number of methoxy groups -OCH3 is 1. The van der Waals surface area contributed by atoms with Crippen LogP contribution in [0.4, 0.5) is 18.9 Å². The van der Waals surface area contributed by atoms with E-state index in [9.17, 15) is 13.2 Å². The van der Waals surface area contributed by atoms with E-state index in [-0.39, 0.29) is 11.7 Å². The Hall–Kier alpha value is -4.46. The maximum absolute atomic E-state index is 14.8. The lowest BCUT2D eigenvalue weighted by Crippen LogP contribution is -2.47. The van der Waals surface area contributed by atoms with Gasteiger partial charge in [0.15, 0.2) is 17.5 Å². The van der Waals surface area contributed by atoms with Crippen LogP contribution in [0.15, 0.2) is 90.0 Å². The molecule has 1 aliphatic rings. The molecule has 0 N–H and O–H groups in total. The number of allylic oxidation sites excluding steroid dienone is 2. The van der Waals surface area contributed by atoms with E-state index in [1.807, 2.05) is 72.1 Å². The average molecular weight is 601 g/mol. The molecule has 0 amide bonds. The monoisotopic (exact) mass is 600 g/mol. The largest absolute Gasteiger partial charge is 0.495 e. The summed E-state index contributed by atoms with van der Waals surface area (Å²) in [4.78, 5) is 4.34. The first-order valence-electron chi connectivity index (χ1n) is 15.1. The first-order valence-corrected chi connectivity index (χ1v) is 15.1. The summed E-state index contributed by atoms with van der Waals surface area (Å²) in [6.07, 6.45) is 8.98. The highest BCUT2D eigenvalue weighted by Gasteiger charge is 2.33. The fraction of sp³-hybridized carbons (Fsp3) is 0.306. The molecule has 2 heterocycles. The number of hydrazine groups is 1. The fourth-order valence-corrected chi connectivity index (χ4v) is 5.97. The molecular weight excluding hydrogens is 561 g/mol. The standard InChI is InChI=1S/C36H39F3N4O/c1-6-24(3)36-28(18-26-15-16-33(34(19-26)44-5)41-22-25(4)40-23-41)14-11-17-42(36)43(29-20-30(37)35(39)31(38)21-29)32(7-2)27-12-9-8-10-13-27/h8-10,12-13,15-16,18-23,32H,6-7,11,14,17H2,1-5H3. The number of anilines is 1. The molecule has 1 unspecified atom stereocenters. The maximum atomic E-state index is 14.8. The van der Waals surface area contributed by atoms with Crippen molar-refractivity contribution in [2.24, 2.45) is 0 Å². The van der Waals surface area contributed by atoms with Crippen molar-refractivity contribution in [2.75, 3.05) is 18.7 Å². The van der Waals surface area contributed by atoms with E-state index >= 15 is 0 Å². The van der Waals surface area contributed by atoms with E-state index in [0.717, 1.165) is 76.5 Å². The van der Waals surface area contributed by atoms with Gasteiger partial charge in [-0.2, -0.15) is 0 Å². The van der Waals surface area contributed by atoms with E-state index in [2.05, 4.69) is 36.0 Å². The zero-order valence-electron chi connectivity index (χ0n) is 25.9. The number of hydrogen-bond acceptors (Lipinski definition) is 4. The third-order valence-electron chi connectivity index (χ3n) is 8.21. The minimum atomic E-state index is -1.47. The molecule has 230 valence electrons. The van der Waals surface area contributed by atoms with E-state index < -0.39 is 17.5 Å². The third-order valence-corrected chi connectivity index (χ3v) is 8.21. The van der Waals surface area contributed by atoms with Gasteiger partial charge >= 0.3 is 0 Å². The number of rotatable bonds is 9. The van der Waals surface area contributed by atoms with Gasteiger partial charge in [0, 0.05) is 24.9 Å². The number of nitrogens with zero attached hydrogens (tertiary/aromatic N) is 4. The quantitative estimate of drug-likeness (QED) is 0.179. The lowest BCUT2D eigenvalue weighted by Gasteiger charge is -2.47. The lowest BCUT2D eigenvalue weighted by molar-refractivity contribution is 0.257. The summed E-state index contributed by atoms with van der Waals surface area (Å²) >= 11 is 0. The van der Waals surface area contributed by atoms with Gasteiger partial charge in [0.25, 0.3) is 0 Å². The second-order valence-corrected chi connectivity index (χ2v) is 11.1. The molecular formula is C36H39F3N4O. The van der Waals surface area contributed by atoms with Gasteiger partial charge in [-0.25, -0.2) is 18.2 Å². The summed E-state index contributed by atoms with van der Waals surface area (Å²) in [6.45, 7) is 8.83. The molecule has 8 heteroatoms. The van der Waals surface area contributed by atoms with Crippen molar-refractivity contribution in [1.29, 1.82) is 0 Å². The number of hydrogen-bond donors (Lipinski definition) is 0. The SMILES string of the molecule is CCC(C)=C1C(=Cc2ccc(-n3cnc(C)c3)c(OC)c2)CCCN1N(c1cc(F)c(F)c(F)c1)C(CC)c1ccccc1. The summed E-state index contributed by atoms with van der Waals surface area (Å²) in [5, 5.41) is 4.09. The molecule has 3 aromatic carbocycles. The van der Waals surface area contributed by atoms with Gasteiger partial charge in [-0.15, -0.1) is 0 Å². The number of piperidine rings is 1. The molecule has 0 saturated carbocycles. The van der Waals surface area contributed by atoms with Crippen LogP contribution in [0.1, 0.15) is 69.3 Å². The minimum Gasteiger partial charge on any atom is -0.495 e.